The maximum atomic E-state index is 12.2. The summed E-state index contributed by atoms with van der Waals surface area (Å²) >= 11 is 0. The predicted octanol–water partition coefficient (Wildman–Crippen LogP) is 3.48. The van der Waals surface area contributed by atoms with E-state index < -0.39 is 0 Å². The van der Waals surface area contributed by atoms with Gasteiger partial charge in [0, 0.05) is 16.9 Å². The van der Waals surface area contributed by atoms with Gasteiger partial charge in [-0.25, -0.2) is 9.97 Å². The summed E-state index contributed by atoms with van der Waals surface area (Å²) in [6, 6.07) is 22.5. The maximum absolute atomic E-state index is 12.2. The van der Waals surface area contributed by atoms with E-state index in [1.54, 1.807) is 24.3 Å². The first kappa shape index (κ1) is 15.0. The van der Waals surface area contributed by atoms with E-state index in [2.05, 4.69) is 15.3 Å². The molecule has 0 fully saturated rings. The van der Waals surface area contributed by atoms with Crippen LogP contribution in [0.4, 0.5) is 11.4 Å². The number of amides is 1. The third kappa shape index (κ3) is 3.07. The highest BCUT2D eigenvalue weighted by Gasteiger charge is 2.12. The Kier molecular flexibility index (Phi) is 3.67. The molecular weight excluding hydrogens is 312 g/mol. The van der Waals surface area contributed by atoms with Crippen LogP contribution in [-0.2, 0) is 0 Å². The lowest BCUT2D eigenvalue weighted by Crippen LogP contribution is -2.11. The number of nitrogens with two attached hydrogens (primary N) is 1. The second-order valence-electron chi connectivity index (χ2n) is 5.82. The molecular formula is C20H17N4O+. The molecule has 122 valence electrons. The van der Waals surface area contributed by atoms with Gasteiger partial charge < -0.3 is 11.1 Å². The normalized spacial score (nSPS) is 10.7. The summed E-state index contributed by atoms with van der Waals surface area (Å²) in [7, 11) is 0. The lowest BCUT2D eigenvalue weighted by molar-refractivity contribution is -0.330. The van der Waals surface area contributed by atoms with Crippen molar-refractivity contribution in [2.45, 2.75) is 0 Å². The summed E-state index contributed by atoms with van der Waals surface area (Å²) in [4.78, 5) is 18.9. The monoisotopic (exact) mass is 329 g/mol. The van der Waals surface area contributed by atoms with Crippen molar-refractivity contribution in [3.05, 3.63) is 78.4 Å². The molecule has 0 aliphatic carbocycles. The van der Waals surface area contributed by atoms with Crippen molar-refractivity contribution in [1.82, 2.24) is 4.98 Å². The van der Waals surface area contributed by atoms with Crippen molar-refractivity contribution in [3.63, 3.8) is 0 Å². The zero-order valence-corrected chi connectivity index (χ0v) is 13.4. The van der Waals surface area contributed by atoms with Gasteiger partial charge in [-0.2, -0.15) is 0 Å². The van der Waals surface area contributed by atoms with Crippen LogP contribution in [0, 0.1) is 0 Å². The molecule has 1 aromatic heterocycles. The highest BCUT2D eigenvalue weighted by atomic mass is 16.1. The number of para-hydroxylation sites is 2. The van der Waals surface area contributed by atoms with Gasteiger partial charge >= 0.3 is 0 Å². The Labute approximate surface area is 144 Å². The molecule has 3 aromatic carbocycles. The first-order valence-electron chi connectivity index (χ1n) is 7.96. The fourth-order valence-corrected chi connectivity index (χ4v) is 2.70. The highest BCUT2D eigenvalue weighted by Crippen LogP contribution is 2.19. The van der Waals surface area contributed by atoms with Gasteiger partial charge in [-0.15, -0.1) is 0 Å². The van der Waals surface area contributed by atoms with Crippen molar-refractivity contribution in [3.8, 4) is 11.4 Å². The van der Waals surface area contributed by atoms with Crippen molar-refractivity contribution >= 4 is 28.3 Å². The van der Waals surface area contributed by atoms with Crippen LogP contribution in [0.2, 0.25) is 0 Å². The molecule has 0 aliphatic heterocycles. The van der Waals surface area contributed by atoms with Gasteiger partial charge in [0.2, 0.25) is 0 Å². The van der Waals surface area contributed by atoms with Gasteiger partial charge in [-0.1, -0.05) is 12.1 Å². The number of carbonyl (C=O) groups excluding carboxylic acids is 1. The molecule has 0 aliphatic rings. The first-order chi connectivity index (χ1) is 12.2. The smallest absolute Gasteiger partial charge is 0.285 e. The minimum Gasteiger partial charge on any atom is -0.399 e. The molecule has 5 heteroatoms. The van der Waals surface area contributed by atoms with Crippen molar-refractivity contribution in [1.29, 1.82) is 0 Å². The Morgan fingerprint density at radius 2 is 1.64 bits per heavy atom. The number of nitrogens with one attached hydrogen (secondary N) is 3. The number of hydrogen-bond donors (Lipinski definition) is 3. The molecule has 0 bridgehead atoms. The maximum Gasteiger partial charge on any atom is 0.285 e. The van der Waals surface area contributed by atoms with E-state index >= 15 is 0 Å². The van der Waals surface area contributed by atoms with Gasteiger partial charge in [-0.3, -0.25) is 4.79 Å². The van der Waals surface area contributed by atoms with Gasteiger partial charge in [0.15, 0.2) is 11.0 Å². The van der Waals surface area contributed by atoms with Crippen LogP contribution in [0.5, 0.6) is 0 Å². The third-order valence-corrected chi connectivity index (χ3v) is 4.05. The van der Waals surface area contributed by atoms with Crippen LogP contribution < -0.4 is 16.0 Å². The minimum absolute atomic E-state index is 0.162. The van der Waals surface area contributed by atoms with Crippen LogP contribution in [0.3, 0.4) is 0 Å². The molecule has 0 radical (unpaired) electrons. The van der Waals surface area contributed by atoms with E-state index in [1.807, 2.05) is 48.5 Å². The molecule has 1 amide bonds. The van der Waals surface area contributed by atoms with E-state index in [0.717, 1.165) is 28.1 Å². The Balaban J connectivity index is 1.53. The number of imidazole rings is 1. The Bertz CT molecular complexity index is 1000. The highest BCUT2D eigenvalue weighted by molar-refractivity contribution is 6.04. The third-order valence-electron chi connectivity index (χ3n) is 4.05. The number of fused-ring (bicyclic) bond motifs is 1. The average molecular weight is 329 g/mol. The largest absolute Gasteiger partial charge is 0.399 e. The fourth-order valence-electron chi connectivity index (χ4n) is 2.70. The van der Waals surface area contributed by atoms with Gasteiger partial charge in [-0.05, 0) is 60.7 Å². The standard InChI is InChI=1S/C20H16N4O/c21-15-9-5-14(6-10-15)20(25)22-16-11-7-13(8-12-16)19-23-17-3-1-2-4-18(17)24-19/h1-12H,21H2,(H,22,25)(H,23,24)/p+1. The zero-order valence-electron chi connectivity index (χ0n) is 13.4. The first-order valence-corrected chi connectivity index (χ1v) is 7.96. The number of hydrogen-bond acceptors (Lipinski definition) is 2. The molecule has 0 atom stereocenters. The van der Waals surface area contributed by atoms with E-state index in [9.17, 15) is 4.79 Å². The summed E-state index contributed by atoms with van der Waals surface area (Å²) in [5, 5.41) is 2.88. The minimum atomic E-state index is -0.162. The molecule has 25 heavy (non-hydrogen) atoms. The number of anilines is 2. The van der Waals surface area contributed by atoms with Crippen LogP contribution in [-0.4, -0.2) is 10.9 Å². The molecule has 0 spiro atoms. The molecule has 5 nitrogen and oxygen atoms in total. The molecule has 0 unspecified atom stereocenters. The lowest BCUT2D eigenvalue weighted by atomic mass is 10.1. The fraction of sp³-hybridized carbons (Fsp3) is 0. The zero-order chi connectivity index (χ0) is 17.2. The number of aromatic amines is 2. The van der Waals surface area contributed by atoms with Crippen molar-refractivity contribution in [2.75, 3.05) is 11.1 Å². The summed E-state index contributed by atoms with van der Waals surface area (Å²) in [6.45, 7) is 0. The summed E-state index contributed by atoms with van der Waals surface area (Å²) in [5.41, 5.74) is 10.7. The molecule has 1 heterocycles. The predicted molar refractivity (Wildman–Crippen MR) is 99.1 cm³/mol. The number of H-pyrrole nitrogens is 2. The van der Waals surface area contributed by atoms with Crippen molar-refractivity contribution < 1.29 is 9.78 Å². The van der Waals surface area contributed by atoms with Crippen LogP contribution >= 0.6 is 0 Å². The lowest BCUT2D eigenvalue weighted by Gasteiger charge is -2.05. The molecule has 4 aromatic rings. The molecule has 0 saturated heterocycles. The van der Waals surface area contributed by atoms with Crippen LogP contribution in [0.25, 0.3) is 22.4 Å². The quantitative estimate of drug-likeness (QED) is 0.503. The van der Waals surface area contributed by atoms with E-state index in [4.69, 9.17) is 5.73 Å². The molecule has 4 rings (SSSR count). The molecule has 5 N–H and O–H groups in total. The van der Waals surface area contributed by atoms with Gasteiger partial charge in [0.05, 0.1) is 5.56 Å². The summed E-state index contributed by atoms with van der Waals surface area (Å²) < 4.78 is 0. The Hall–Kier alpha value is -3.60. The van der Waals surface area contributed by atoms with Crippen LogP contribution in [0.15, 0.2) is 72.8 Å². The summed E-state index contributed by atoms with van der Waals surface area (Å²) in [6.07, 6.45) is 0. The van der Waals surface area contributed by atoms with E-state index in [0.29, 0.717) is 11.3 Å². The number of rotatable bonds is 3. The van der Waals surface area contributed by atoms with E-state index in [-0.39, 0.29) is 5.91 Å². The topological polar surface area (TPSA) is 85.0 Å². The Morgan fingerprint density at radius 3 is 2.36 bits per heavy atom. The summed E-state index contributed by atoms with van der Waals surface area (Å²) in [5.74, 6) is 0.766. The second kappa shape index (κ2) is 6.13. The SMILES string of the molecule is Nc1ccc(C(=O)Nc2ccc(-c3[nH]c4ccccc4[nH+]3)cc2)cc1. The number of benzene rings is 3. The van der Waals surface area contributed by atoms with Gasteiger partial charge in [0.25, 0.3) is 11.7 Å². The van der Waals surface area contributed by atoms with Crippen molar-refractivity contribution in [2.24, 2.45) is 0 Å². The number of nitrogen functional groups attached to an aromatic ring is 1. The van der Waals surface area contributed by atoms with Crippen LogP contribution in [0.1, 0.15) is 10.4 Å². The van der Waals surface area contributed by atoms with Gasteiger partial charge in [0.1, 0.15) is 0 Å². The Morgan fingerprint density at radius 1 is 0.920 bits per heavy atom. The molecule has 0 saturated carbocycles. The van der Waals surface area contributed by atoms with E-state index in [1.165, 1.54) is 0 Å². The number of aromatic nitrogens is 2. The number of carbonyl (C=O) groups is 1. The average Bonchev–Trinajstić information content (AvgIpc) is 3.07. The second-order valence-corrected chi connectivity index (χ2v) is 5.82.